The van der Waals surface area contributed by atoms with Gasteiger partial charge in [-0.05, 0) is 68.7 Å². The minimum Gasteiger partial charge on any atom is -0.497 e. The van der Waals surface area contributed by atoms with Crippen molar-refractivity contribution in [2.45, 2.75) is 110 Å². The van der Waals surface area contributed by atoms with Gasteiger partial charge in [-0.15, -0.1) is 0 Å². The molecule has 18 heteroatoms. The van der Waals surface area contributed by atoms with E-state index in [1.54, 1.807) is 14.2 Å². The third-order valence-electron chi connectivity index (χ3n) is 9.80. The number of hydrogen-bond donors (Lipinski definition) is 1. The molecule has 3 aromatic rings. The molecule has 1 saturated heterocycles. The highest BCUT2D eigenvalue weighted by Crippen LogP contribution is 2.46. The van der Waals surface area contributed by atoms with Crippen molar-refractivity contribution in [2.24, 2.45) is 0 Å². The quantitative estimate of drug-likeness (QED) is 0.0248. The van der Waals surface area contributed by atoms with Gasteiger partial charge in [0.15, 0.2) is 6.10 Å². The van der Waals surface area contributed by atoms with Crippen molar-refractivity contribution in [3.63, 3.8) is 0 Å². The molecule has 1 fully saturated rings. The van der Waals surface area contributed by atoms with Crippen LogP contribution in [0.3, 0.4) is 0 Å². The van der Waals surface area contributed by atoms with Crippen LogP contribution in [-0.2, 0) is 57.4 Å². The van der Waals surface area contributed by atoms with Crippen LogP contribution in [0.15, 0.2) is 78.9 Å². The Morgan fingerprint density at radius 2 is 1.40 bits per heavy atom. The van der Waals surface area contributed by atoms with E-state index >= 15 is 0 Å². The minimum absolute atomic E-state index is 0.0221. The van der Waals surface area contributed by atoms with Gasteiger partial charge in [-0.25, -0.2) is 4.67 Å². The number of hydrogen-bond acceptors (Lipinski definition) is 16. The summed E-state index contributed by atoms with van der Waals surface area (Å²) in [5.41, 5.74) is 1.32. The number of nitrogens with one attached hydrogen (secondary N) is 1. The fraction of sp³-hybridized carbons (Fsp3) is 0.511. The van der Waals surface area contributed by atoms with E-state index < -0.39 is 62.7 Å². The highest BCUT2D eigenvalue weighted by atomic mass is 31.2. The Hall–Kier alpha value is -4.63. The molecule has 341 valence electrons. The van der Waals surface area contributed by atoms with Gasteiger partial charge in [0, 0.05) is 45.3 Å². The Bertz CT molecular complexity index is 1850. The number of nitriles is 1. The summed E-state index contributed by atoms with van der Waals surface area (Å²) in [6.45, 7) is 11.9. The van der Waals surface area contributed by atoms with Crippen molar-refractivity contribution in [2.75, 3.05) is 40.6 Å². The molecule has 2 unspecified atom stereocenters. The Kier molecular flexibility index (Phi) is 20.7. The molecule has 0 spiro atoms. The van der Waals surface area contributed by atoms with Gasteiger partial charge in [0.05, 0.1) is 46.5 Å². The zero-order valence-electron chi connectivity index (χ0n) is 37.5. The first-order valence-corrected chi connectivity index (χ1v) is 21.9. The molecule has 0 aromatic heterocycles. The van der Waals surface area contributed by atoms with Crippen LogP contribution in [-0.4, -0.2) is 114 Å². The summed E-state index contributed by atoms with van der Waals surface area (Å²) in [7, 11) is 2.91. The van der Waals surface area contributed by atoms with E-state index in [4.69, 9.17) is 46.9 Å². The molecular weight excluding hydrogens is 832 g/mol. The van der Waals surface area contributed by atoms with Crippen LogP contribution in [0.1, 0.15) is 78.0 Å². The van der Waals surface area contributed by atoms with Gasteiger partial charge >= 0.3 is 25.5 Å². The molecule has 1 aliphatic heterocycles. The Balaban J connectivity index is 1.72. The Morgan fingerprint density at radius 3 is 1.90 bits per heavy atom. The lowest BCUT2D eigenvalue weighted by Gasteiger charge is -2.40. The van der Waals surface area contributed by atoms with E-state index in [-0.39, 0.29) is 51.4 Å². The van der Waals surface area contributed by atoms with Gasteiger partial charge in [0.2, 0.25) is 0 Å². The van der Waals surface area contributed by atoms with Gasteiger partial charge in [-0.3, -0.25) is 14.4 Å². The summed E-state index contributed by atoms with van der Waals surface area (Å²) in [4.78, 5) is 36.0. The molecular formula is C45H60BN3O13P. The molecule has 0 aliphatic carbocycles. The second-order valence-corrected chi connectivity index (χ2v) is 16.6. The number of nitrogens with zero attached hydrogens (tertiary/aromatic N) is 2. The summed E-state index contributed by atoms with van der Waals surface area (Å²) in [5.74, 6) is -0.472. The van der Waals surface area contributed by atoms with Gasteiger partial charge < -0.3 is 52.1 Å². The van der Waals surface area contributed by atoms with Crippen LogP contribution >= 0.6 is 8.53 Å². The third-order valence-corrected chi connectivity index (χ3v) is 11.9. The monoisotopic (exact) mass is 892 g/mol. The fourth-order valence-electron chi connectivity index (χ4n) is 7.11. The zero-order chi connectivity index (χ0) is 45.9. The lowest BCUT2D eigenvalue weighted by molar-refractivity contribution is -0.246. The Labute approximate surface area is 372 Å². The molecule has 0 bridgehead atoms. The van der Waals surface area contributed by atoms with Crippen LogP contribution in [0, 0.1) is 11.3 Å². The van der Waals surface area contributed by atoms with Crippen molar-refractivity contribution >= 4 is 34.1 Å². The average molecular weight is 893 g/mol. The van der Waals surface area contributed by atoms with Crippen LogP contribution in [0.25, 0.3) is 0 Å². The normalized spacial score (nSPS) is 18.6. The summed E-state index contributed by atoms with van der Waals surface area (Å²) in [5, 5.41) is 12.6. The highest BCUT2D eigenvalue weighted by Gasteiger charge is 2.44. The maximum atomic E-state index is 12.2. The van der Waals surface area contributed by atoms with E-state index in [0.717, 1.165) is 16.7 Å². The number of carbonyl (C=O) groups is 3. The molecule has 1 radical (unpaired) electrons. The Morgan fingerprint density at radius 1 is 0.825 bits per heavy atom. The SMILES string of the molecule is COc1ccc(C(OCC(COP(OCCC#N)N(C(C)C)C(C)C)N[B]O[C@H]2C[C@@H](OC(C)=O)[C@@H](OC(C)=O)[C@@H](COC(C)=O)O2)(c2ccccc2)c2ccc(OC)cc2)cc1. The predicted molar refractivity (Wildman–Crippen MR) is 234 cm³/mol. The minimum atomic E-state index is -1.65. The van der Waals surface area contributed by atoms with E-state index in [2.05, 4.69) is 43.7 Å². The second-order valence-electron chi connectivity index (χ2n) is 15.1. The second kappa shape index (κ2) is 25.6. The van der Waals surface area contributed by atoms with Gasteiger partial charge in [-0.2, -0.15) is 5.26 Å². The van der Waals surface area contributed by atoms with Crippen molar-refractivity contribution in [1.82, 2.24) is 9.90 Å². The smallest absolute Gasteiger partial charge is 0.398 e. The molecule has 1 heterocycles. The van der Waals surface area contributed by atoms with Crippen molar-refractivity contribution in [3.05, 3.63) is 95.6 Å². The van der Waals surface area contributed by atoms with Crippen LogP contribution in [0.4, 0.5) is 0 Å². The highest BCUT2D eigenvalue weighted by molar-refractivity contribution is 7.44. The van der Waals surface area contributed by atoms with Gasteiger partial charge in [0.1, 0.15) is 42.2 Å². The number of benzene rings is 3. The topological polar surface area (TPSA) is 183 Å². The molecule has 63 heavy (non-hydrogen) atoms. The lowest BCUT2D eigenvalue weighted by atomic mass is 9.80. The standard InChI is InChI=1S/C45H60BN3O13P/c1-30(2)49(31(3)4)63(57-25-13-24-47)58-28-38(48-46-62-43-26-41(59-33(6)51)44(60-34(7)52)42(61-43)29-55-32(5)50)27-56-45(35-14-11-10-12-15-35,36-16-20-39(53-8)21-17-36)37-18-22-40(54-9)23-19-37/h10-12,14-23,30-31,38,41-44,48H,13,25-29H2,1-9H3/t38?,41-,42-,43+,44-,63?/m1/s1. The number of rotatable bonds is 25. The summed E-state index contributed by atoms with van der Waals surface area (Å²) in [6, 6.07) is 26.9. The van der Waals surface area contributed by atoms with Crippen molar-refractivity contribution < 1.29 is 61.2 Å². The first-order chi connectivity index (χ1) is 30.2. The molecule has 0 saturated carbocycles. The molecule has 4 rings (SSSR count). The summed E-state index contributed by atoms with van der Waals surface area (Å²) >= 11 is 0. The molecule has 3 aromatic carbocycles. The van der Waals surface area contributed by atoms with E-state index in [0.29, 0.717) is 11.5 Å². The third kappa shape index (κ3) is 15.0. The fourth-order valence-corrected chi connectivity index (χ4v) is 8.76. The first kappa shape index (κ1) is 51.0. The number of esters is 3. The van der Waals surface area contributed by atoms with Gasteiger partial charge in [0.25, 0.3) is 8.53 Å². The van der Waals surface area contributed by atoms with E-state index in [9.17, 15) is 19.6 Å². The maximum Gasteiger partial charge on any atom is 0.398 e. The average Bonchev–Trinajstić information content (AvgIpc) is 3.25. The summed E-state index contributed by atoms with van der Waals surface area (Å²) < 4.78 is 61.8. The largest absolute Gasteiger partial charge is 0.497 e. The molecule has 1 aliphatic rings. The number of carbonyl (C=O) groups excluding carboxylic acids is 3. The maximum absolute atomic E-state index is 12.2. The number of ether oxygens (including phenoxy) is 7. The molecule has 6 atom stereocenters. The zero-order valence-corrected chi connectivity index (χ0v) is 38.4. The van der Waals surface area contributed by atoms with Crippen LogP contribution in [0.5, 0.6) is 11.5 Å². The molecule has 0 amide bonds. The number of methoxy groups -OCH3 is 2. The first-order valence-electron chi connectivity index (χ1n) is 20.8. The van der Waals surface area contributed by atoms with Gasteiger partial charge in [-0.1, -0.05) is 54.6 Å². The molecule has 1 N–H and O–H groups in total. The van der Waals surface area contributed by atoms with E-state index in [1.165, 1.54) is 28.4 Å². The van der Waals surface area contributed by atoms with Crippen molar-refractivity contribution in [3.8, 4) is 17.6 Å². The van der Waals surface area contributed by atoms with Crippen LogP contribution in [0.2, 0.25) is 0 Å². The summed E-state index contributed by atoms with van der Waals surface area (Å²) in [6.07, 6.45) is -3.94. The predicted octanol–water partition coefficient (Wildman–Crippen LogP) is 6.36. The lowest BCUT2D eigenvalue weighted by Crippen LogP contribution is -2.55. The van der Waals surface area contributed by atoms with E-state index in [1.807, 2.05) is 78.9 Å². The van der Waals surface area contributed by atoms with Crippen molar-refractivity contribution in [1.29, 1.82) is 5.26 Å². The van der Waals surface area contributed by atoms with Crippen LogP contribution < -0.4 is 14.7 Å². The molecule has 16 nitrogen and oxygen atoms in total.